The van der Waals surface area contributed by atoms with E-state index >= 15 is 0 Å². The fourth-order valence-corrected chi connectivity index (χ4v) is 2.31. The Morgan fingerprint density at radius 2 is 1.63 bits per heavy atom. The molecule has 0 aromatic heterocycles. The van der Waals surface area contributed by atoms with Gasteiger partial charge in [-0.1, -0.05) is 0 Å². The Hall–Kier alpha value is -1.87. The Morgan fingerprint density at radius 1 is 1.00 bits per heavy atom. The summed E-state index contributed by atoms with van der Waals surface area (Å²) in [6.45, 7) is -1.29. The monoisotopic (exact) mass is 396 g/mol. The highest BCUT2D eigenvalue weighted by Gasteiger charge is 2.43. The van der Waals surface area contributed by atoms with Crippen molar-refractivity contribution in [2.24, 2.45) is 0 Å². The molecule has 0 unspecified atom stereocenters. The molecule has 0 aromatic rings. The number of carbonyl (C=O) groups excluding carboxylic acids is 2. The zero-order valence-corrected chi connectivity index (χ0v) is 14.1. The lowest BCUT2D eigenvalue weighted by molar-refractivity contribution is -0.280. The van der Waals surface area contributed by atoms with Gasteiger partial charge < -0.3 is 51.1 Å². The first-order valence-corrected chi connectivity index (χ1v) is 8.04. The number of aliphatic hydroxyl groups is 6. The summed E-state index contributed by atoms with van der Waals surface area (Å²) >= 11 is 0. The topological polar surface area (TPSA) is 226 Å². The molecule has 0 spiro atoms. The van der Waals surface area contributed by atoms with E-state index in [-0.39, 0.29) is 0 Å². The maximum atomic E-state index is 11.9. The summed E-state index contributed by atoms with van der Waals surface area (Å²) in [5.41, 5.74) is 0. The van der Waals surface area contributed by atoms with Crippen LogP contribution >= 0.6 is 0 Å². The first-order chi connectivity index (χ1) is 12.6. The van der Waals surface area contributed by atoms with E-state index in [1.54, 1.807) is 0 Å². The molecule has 1 fully saturated rings. The van der Waals surface area contributed by atoms with Crippen LogP contribution < -0.4 is 10.6 Å². The second kappa shape index (κ2) is 10.5. The van der Waals surface area contributed by atoms with Gasteiger partial charge in [-0.25, -0.2) is 0 Å². The van der Waals surface area contributed by atoms with E-state index in [0.29, 0.717) is 0 Å². The first kappa shape index (κ1) is 23.2. The van der Waals surface area contributed by atoms with Crippen LogP contribution in [0.15, 0.2) is 0 Å². The van der Waals surface area contributed by atoms with E-state index in [4.69, 9.17) is 9.84 Å². The van der Waals surface area contributed by atoms with Gasteiger partial charge in [0.25, 0.3) is 5.91 Å². The predicted molar refractivity (Wildman–Crippen MR) is 83.8 cm³/mol. The highest BCUT2D eigenvalue weighted by atomic mass is 16.6. The Morgan fingerprint density at radius 3 is 2.19 bits per heavy atom. The summed E-state index contributed by atoms with van der Waals surface area (Å²) in [4.78, 5) is 33.9. The molecular weight excluding hydrogens is 372 g/mol. The van der Waals surface area contributed by atoms with Gasteiger partial charge >= 0.3 is 5.97 Å². The summed E-state index contributed by atoms with van der Waals surface area (Å²) in [7, 11) is 0. The summed E-state index contributed by atoms with van der Waals surface area (Å²) in [5, 5.41) is 69.9. The molecule has 13 nitrogen and oxygen atoms in total. The number of nitrogens with one attached hydrogen (secondary N) is 2. The van der Waals surface area contributed by atoms with Crippen molar-refractivity contribution in [1.82, 2.24) is 10.6 Å². The van der Waals surface area contributed by atoms with Gasteiger partial charge in [0.1, 0.15) is 24.4 Å². The third kappa shape index (κ3) is 6.66. The zero-order valence-electron chi connectivity index (χ0n) is 14.1. The van der Waals surface area contributed by atoms with E-state index in [2.05, 4.69) is 10.6 Å². The molecule has 1 aliphatic rings. The van der Waals surface area contributed by atoms with Gasteiger partial charge in [-0.05, 0) is 0 Å². The molecule has 1 rings (SSSR count). The maximum absolute atomic E-state index is 11.9. The number of aliphatic hydroxyl groups excluding tert-OH is 6. The van der Waals surface area contributed by atoms with E-state index in [9.17, 15) is 45.0 Å². The van der Waals surface area contributed by atoms with Crippen LogP contribution in [0.4, 0.5) is 0 Å². The van der Waals surface area contributed by atoms with Crippen LogP contribution in [0.3, 0.4) is 0 Å². The molecule has 0 aromatic carbocycles. The van der Waals surface area contributed by atoms with Gasteiger partial charge in [0.15, 0.2) is 12.4 Å². The van der Waals surface area contributed by atoms with Gasteiger partial charge in [0.05, 0.1) is 19.1 Å². The fourth-order valence-electron chi connectivity index (χ4n) is 2.31. The number of carboxylic acids is 1. The highest BCUT2D eigenvalue weighted by molar-refractivity contribution is 5.84. The maximum Gasteiger partial charge on any atom is 0.303 e. The van der Waals surface area contributed by atoms with Crippen LogP contribution in [-0.4, -0.2) is 110 Å². The summed E-state index contributed by atoms with van der Waals surface area (Å²) < 4.78 is 4.84. The minimum absolute atomic E-state index is 0.416. The van der Waals surface area contributed by atoms with Crippen molar-refractivity contribution in [3.8, 4) is 0 Å². The molecule has 7 atom stereocenters. The van der Waals surface area contributed by atoms with Gasteiger partial charge in [-0.15, -0.1) is 0 Å². The van der Waals surface area contributed by atoms with Crippen LogP contribution in [0, 0.1) is 0 Å². The SMILES string of the molecule is O=C(O)CCC(=O)N[C@@H](CO)[C@H](O)C(=O)NC[C@@H]1O[C@H](O)[C@@H](O)[C@H](O)[C@@H]1O. The number of rotatable bonds is 9. The van der Waals surface area contributed by atoms with Crippen LogP contribution in [0.5, 0.6) is 0 Å². The van der Waals surface area contributed by atoms with Crippen LogP contribution in [0.25, 0.3) is 0 Å². The Balaban J connectivity index is 2.54. The number of amides is 2. The summed E-state index contributed by atoms with van der Waals surface area (Å²) in [6.07, 6.45) is -11.0. The third-order valence-corrected chi connectivity index (χ3v) is 3.92. The first-order valence-electron chi connectivity index (χ1n) is 8.04. The Kier molecular flexibility index (Phi) is 8.98. The molecular formula is C14H24N2O11. The molecule has 0 radical (unpaired) electrons. The van der Waals surface area contributed by atoms with E-state index in [1.165, 1.54) is 0 Å². The molecule has 0 aliphatic carbocycles. The zero-order chi connectivity index (χ0) is 20.7. The van der Waals surface area contributed by atoms with Crippen molar-refractivity contribution in [3.63, 3.8) is 0 Å². The minimum atomic E-state index is -1.91. The van der Waals surface area contributed by atoms with E-state index in [0.717, 1.165) is 0 Å². The molecule has 13 heteroatoms. The normalized spacial score (nSPS) is 30.2. The number of aliphatic carboxylic acids is 1. The lowest BCUT2D eigenvalue weighted by Crippen LogP contribution is -2.61. The van der Waals surface area contributed by atoms with Crippen molar-refractivity contribution in [2.75, 3.05) is 13.2 Å². The highest BCUT2D eigenvalue weighted by Crippen LogP contribution is 2.19. The van der Waals surface area contributed by atoms with Crippen molar-refractivity contribution >= 4 is 17.8 Å². The number of hydrogen-bond donors (Lipinski definition) is 9. The summed E-state index contributed by atoms with van der Waals surface area (Å²) in [5.74, 6) is -3.09. The lowest BCUT2D eigenvalue weighted by Gasteiger charge is -2.38. The quantitative estimate of drug-likeness (QED) is 0.179. The van der Waals surface area contributed by atoms with Crippen molar-refractivity contribution in [2.45, 2.75) is 55.7 Å². The average molecular weight is 396 g/mol. The number of carboxylic acid groups (broad SMARTS) is 1. The third-order valence-electron chi connectivity index (χ3n) is 3.92. The molecule has 9 N–H and O–H groups in total. The Bertz CT molecular complexity index is 531. The lowest BCUT2D eigenvalue weighted by atomic mass is 9.99. The van der Waals surface area contributed by atoms with Gasteiger partial charge in [-0.2, -0.15) is 0 Å². The standard InChI is InChI=1S/C14H24N2O11/c17-4-5(16-7(18)1-2-8(19)20)9(21)13(25)15-3-6-10(22)11(23)12(24)14(26)27-6/h5-6,9-12,14,17,21-24,26H,1-4H2,(H,15,25)(H,16,18)(H,19,20)/t5-,6-,9-,10+,11+,12-,14-/m0/s1. The van der Waals surface area contributed by atoms with Gasteiger partial charge in [0.2, 0.25) is 5.91 Å². The second-order valence-electron chi connectivity index (χ2n) is 5.98. The van der Waals surface area contributed by atoms with Gasteiger partial charge in [-0.3, -0.25) is 14.4 Å². The van der Waals surface area contributed by atoms with Crippen molar-refractivity contribution < 1.29 is 54.9 Å². The number of hydrogen-bond acceptors (Lipinski definition) is 10. The molecule has 156 valence electrons. The van der Waals surface area contributed by atoms with Gasteiger partial charge in [0, 0.05) is 13.0 Å². The van der Waals surface area contributed by atoms with Crippen LogP contribution in [0.1, 0.15) is 12.8 Å². The van der Waals surface area contributed by atoms with E-state index in [1.807, 2.05) is 0 Å². The van der Waals surface area contributed by atoms with Crippen molar-refractivity contribution in [3.05, 3.63) is 0 Å². The molecule has 1 heterocycles. The molecule has 2 amide bonds. The Labute approximate surface area is 153 Å². The molecule has 1 saturated heterocycles. The minimum Gasteiger partial charge on any atom is -0.481 e. The smallest absolute Gasteiger partial charge is 0.303 e. The molecule has 27 heavy (non-hydrogen) atoms. The van der Waals surface area contributed by atoms with Crippen LogP contribution in [0.2, 0.25) is 0 Å². The largest absolute Gasteiger partial charge is 0.481 e. The molecule has 0 bridgehead atoms. The number of carbonyl (C=O) groups is 3. The predicted octanol–water partition coefficient (Wildman–Crippen LogP) is -5.39. The fraction of sp³-hybridized carbons (Fsp3) is 0.786. The number of ether oxygens (including phenoxy) is 1. The second-order valence-corrected chi connectivity index (χ2v) is 5.98. The average Bonchev–Trinajstić information content (AvgIpc) is 2.63. The molecule has 0 saturated carbocycles. The summed E-state index contributed by atoms with van der Waals surface area (Å²) in [6, 6.07) is -1.42. The molecule has 1 aliphatic heterocycles. The van der Waals surface area contributed by atoms with E-state index < -0.39 is 86.6 Å². The van der Waals surface area contributed by atoms with Crippen molar-refractivity contribution in [1.29, 1.82) is 0 Å². The van der Waals surface area contributed by atoms with Crippen LogP contribution in [-0.2, 0) is 19.1 Å².